The molecule has 1 aromatic heterocycles. The molecule has 0 aliphatic rings. The fourth-order valence-corrected chi connectivity index (χ4v) is 2.57. The number of carbonyl (C=O) groups is 1. The Kier molecular flexibility index (Phi) is 4.27. The molecule has 0 atom stereocenters. The zero-order valence-electron chi connectivity index (χ0n) is 10.9. The number of aryl methyl sites for hydroxylation is 1. The van der Waals surface area contributed by atoms with Crippen molar-refractivity contribution in [3.05, 3.63) is 61.3 Å². The number of benzene rings is 1. The monoisotopic (exact) mass is 312 g/mol. The summed E-state index contributed by atoms with van der Waals surface area (Å²) in [7, 11) is 0. The summed E-state index contributed by atoms with van der Waals surface area (Å²) in [5.74, 6) is -3.64. The molecule has 0 unspecified atom stereocenters. The highest BCUT2D eigenvalue weighted by Gasteiger charge is 2.26. The van der Waals surface area contributed by atoms with E-state index in [0.29, 0.717) is 12.1 Å². The van der Waals surface area contributed by atoms with Crippen LogP contribution in [0.1, 0.15) is 20.8 Å². The molecule has 0 fully saturated rings. The quantitative estimate of drug-likeness (QED) is 0.696. The Balaban J connectivity index is 2.25. The van der Waals surface area contributed by atoms with Crippen molar-refractivity contribution < 1.29 is 18.5 Å². The van der Waals surface area contributed by atoms with E-state index in [2.05, 4.69) is 5.32 Å². The first-order chi connectivity index (χ1) is 9.91. The molecule has 0 saturated carbocycles. The van der Waals surface area contributed by atoms with Crippen molar-refractivity contribution in [1.82, 2.24) is 5.32 Å². The lowest BCUT2D eigenvalue weighted by atomic mass is 10.1. The van der Waals surface area contributed by atoms with E-state index < -0.39 is 33.7 Å². The SMILES string of the molecule is Cc1ccsc1CNC(=O)c1c(F)ccc([N+](=O)[O-])c1F. The summed E-state index contributed by atoms with van der Waals surface area (Å²) in [6.07, 6.45) is 0. The molecule has 0 aliphatic heterocycles. The lowest BCUT2D eigenvalue weighted by Crippen LogP contribution is -2.25. The van der Waals surface area contributed by atoms with Gasteiger partial charge in [-0.05, 0) is 30.0 Å². The lowest BCUT2D eigenvalue weighted by molar-refractivity contribution is -0.387. The highest BCUT2D eigenvalue weighted by Crippen LogP contribution is 2.23. The number of nitro benzene ring substituents is 1. The fraction of sp³-hybridized carbons (Fsp3) is 0.154. The van der Waals surface area contributed by atoms with Crippen LogP contribution in [0.15, 0.2) is 23.6 Å². The predicted molar refractivity (Wildman–Crippen MR) is 73.2 cm³/mol. The van der Waals surface area contributed by atoms with Crippen LogP contribution in [0.3, 0.4) is 0 Å². The van der Waals surface area contributed by atoms with Crippen molar-refractivity contribution in [2.45, 2.75) is 13.5 Å². The average Bonchev–Trinajstić information content (AvgIpc) is 2.81. The van der Waals surface area contributed by atoms with Gasteiger partial charge in [0.1, 0.15) is 11.4 Å². The summed E-state index contributed by atoms with van der Waals surface area (Å²) in [4.78, 5) is 22.3. The van der Waals surface area contributed by atoms with Gasteiger partial charge in [-0.15, -0.1) is 11.3 Å². The molecule has 1 aromatic carbocycles. The minimum absolute atomic E-state index is 0.101. The van der Waals surface area contributed by atoms with Crippen molar-refractivity contribution in [3.63, 3.8) is 0 Å². The molecule has 0 spiro atoms. The van der Waals surface area contributed by atoms with Crippen LogP contribution in [-0.2, 0) is 6.54 Å². The van der Waals surface area contributed by atoms with Crippen LogP contribution in [-0.4, -0.2) is 10.8 Å². The molecule has 1 heterocycles. The summed E-state index contributed by atoms with van der Waals surface area (Å²) >= 11 is 1.39. The second-order valence-electron chi connectivity index (χ2n) is 4.22. The van der Waals surface area contributed by atoms with E-state index in [1.165, 1.54) is 11.3 Å². The van der Waals surface area contributed by atoms with Crippen LogP contribution < -0.4 is 5.32 Å². The van der Waals surface area contributed by atoms with Gasteiger partial charge in [-0.3, -0.25) is 14.9 Å². The minimum Gasteiger partial charge on any atom is -0.347 e. The minimum atomic E-state index is -1.47. The summed E-state index contributed by atoms with van der Waals surface area (Å²) in [6, 6.07) is 3.23. The van der Waals surface area contributed by atoms with E-state index in [9.17, 15) is 23.7 Å². The molecule has 2 aromatic rings. The number of hydrogen-bond acceptors (Lipinski definition) is 4. The van der Waals surface area contributed by atoms with Gasteiger partial charge in [0.15, 0.2) is 0 Å². The number of thiophene rings is 1. The Morgan fingerprint density at radius 2 is 2.10 bits per heavy atom. The van der Waals surface area contributed by atoms with Gasteiger partial charge in [0.25, 0.3) is 5.91 Å². The second kappa shape index (κ2) is 5.96. The van der Waals surface area contributed by atoms with Crippen LogP contribution in [0.2, 0.25) is 0 Å². The van der Waals surface area contributed by atoms with Gasteiger partial charge in [0.05, 0.1) is 11.5 Å². The maximum absolute atomic E-state index is 13.8. The van der Waals surface area contributed by atoms with Crippen LogP contribution in [0.5, 0.6) is 0 Å². The van der Waals surface area contributed by atoms with Gasteiger partial charge in [0.2, 0.25) is 5.82 Å². The number of nitrogens with one attached hydrogen (secondary N) is 1. The molecule has 0 saturated heterocycles. The third-order valence-electron chi connectivity index (χ3n) is 2.87. The summed E-state index contributed by atoms with van der Waals surface area (Å²) in [6.45, 7) is 1.94. The number of halogens is 2. The normalized spacial score (nSPS) is 10.4. The molecule has 0 aliphatic carbocycles. The van der Waals surface area contributed by atoms with E-state index in [4.69, 9.17) is 0 Å². The topological polar surface area (TPSA) is 72.2 Å². The predicted octanol–water partition coefficient (Wildman–Crippen LogP) is 3.17. The number of nitro groups is 1. The molecule has 1 N–H and O–H groups in total. The van der Waals surface area contributed by atoms with Gasteiger partial charge in [-0.1, -0.05) is 0 Å². The standard InChI is InChI=1S/C13H10F2N2O3S/c1-7-4-5-21-10(7)6-16-13(18)11-8(14)2-3-9(12(11)15)17(19)20/h2-5H,6H2,1H3,(H,16,18). The molecule has 2 rings (SSSR count). The van der Waals surface area contributed by atoms with Gasteiger partial charge < -0.3 is 5.32 Å². The van der Waals surface area contributed by atoms with Crippen molar-refractivity contribution in [3.8, 4) is 0 Å². The van der Waals surface area contributed by atoms with Crippen LogP contribution >= 0.6 is 11.3 Å². The summed E-state index contributed by atoms with van der Waals surface area (Å²) < 4.78 is 27.4. The summed E-state index contributed by atoms with van der Waals surface area (Å²) in [5.41, 5.74) is -0.937. The molecular formula is C13H10F2N2O3S. The zero-order valence-corrected chi connectivity index (χ0v) is 11.7. The van der Waals surface area contributed by atoms with E-state index in [1.54, 1.807) is 0 Å². The highest BCUT2D eigenvalue weighted by atomic mass is 32.1. The fourth-order valence-electron chi connectivity index (χ4n) is 1.72. The van der Waals surface area contributed by atoms with Crippen LogP contribution in [0.4, 0.5) is 14.5 Å². The molecule has 0 bridgehead atoms. The van der Waals surface area contributed by atoms with Crippen LogP contribution in [0.25, 0.3) is 0 Å². The highest BCUT2D eigenvalue weighted by molar-refractivity contribution is 7.10. The molecule has 5 nitrogen and oxygen atoms in total. The molecular weight excluding hydrogens is 302 g/mol. The average molecular weight is 312 g/mol. The summed E-state index contributed by atoms with van der Waals surface area (Å²) in [5, 5.41) is 14.8. The molecule has 21 heavy (non-hydrogen) atoms. The third kappa shape index (κ3) is 3.05. The maximum atomic E-state index is 13.8. The Morgan fingerprint density at radius 3 is 2.67 bits per heavy atom. The largest absolute Gasteiger partial charge is 0.347 e. The van der Waals surface area contributed by atoms with Crippen molar-refractivity contribution >= 4 is 22.9 Å². The van der Waals surface area contributed by atoms with Crippen molar-refractivity contribution in [1.29, 1.82) is 0 Å². The first-order valence-corrected chi connectivity index (χ1v) is 6.73. The van der Waals surface area contributed by atoms with Gasteiger partial charge in [-0.25, -0.2) is 4.39 Å². The Hall–Kier alpha value is -2.35. The Bertz CT molecular complexity index is 715. The van der Waals surface area contributed by atoms with E-state index >= 15 is 0 Å². The lowest BCUT2D eigenvalue weighted by Gasteiger charge is -2.07. The third-order valence-corrected chi connectivity index (χ3v) is 3.90. The molecule has 110 valence electrons. The smallest absolute Gasteiger partial charge is 0.305 e. The van der Waals surface area contributed by atoms with Crippen molar-refractivity contribution in [2.24, 2.45) is 0 Å². The van der Waals surface area contributed by atoms with Crippen LogP contribution in [0, 0.1) is 28.7 Å². The second-order valence-corrected chi connectivity index (χ2v) is 5.22. The molecule has 8 heteroatoms. The number of hydrogen-bond donors (Lipinski definition) is 1. The van der Waals surface area contributed by atoms with Gasteiger partial charge in [0, 0.05) is 10.9 Å². The zero-order chi connectivity index (χ0) is 15.6. The van der Waals surface area contributed by atoms with Gasteiger partial charge >= 0.3 is 5.69 Å². The number of carbonyl (C=O) groups excluding carboxylic acids is 1. The van der Waals surface area contributed by atoms with E-state index in [0.717, 1.165) is 10.4 Å². The van der Waals surface area contributed by atoms with Gasteiger partial charge in [-0.2, -0.15) is 4.39 Å². The van der Waals surface area contributed by atoms with E-state index in [1.807, 2.05) is 18.4 Å². The van der Waals surface area contributed by atoms with Crippen molar-refractivity contribution in [2.75, 3.05) is 0 Å². The first-order valence-electron chi connectivity index (χ1n) is 5.85. The molecule has 0 radical (unpaired) electrons. The maximum Gasteiger partial charge on any atom is 0.305 e. The number of nitrogens with zero attached hydrogens (tertiary/aromatic N) is 1. The number of rotatable bonds is 4. The Morgan fingerprint density at radius 1 is 1.38 bits per heavy atom. The molecule has 1 amide bonds. The van der Waals surface area contributed by atoms with E-state index in [-0.39, 0.29) is 6.54 Å². The Labute approximate surface area is 122 Å². The number of amides is 1. The first kappa shape index (κ1) is 15.0.